The van der Waals surface area contributed by atoms with Crippen LogP contribution in [0.25, 0.3) is 10.9 Å². The van der Waals surface area contributed by atoms with E-state index in [0.29, 0.717) is 50.6 Å². The van der Waals surface area contributed by atoms with Crippen LogP contribution in [0.5, 0.6) is 5.75 Å². The summed E-state index contributed by atoms with van der Waals surface area (Å²) in [7, 11) is -0.0669. The number of ether oxygens (including phenoxy) is 1. The van der Waals surface area contributed by atoms with Gasteiger partial charge in [-0.1, -0.05) is 51.3 Å². The lowest BCUT2D eigenvalue weighted by Gasteiger charge is -2.53. The van der Waals surface area contributed by atoms with Gasteiger partial charge in [-0.25, -0.2) is 13.1 Å². The molecule has 0 radical (unpaired) electrons. The SMILES string of the molecule is COc1ccc(C2CCCCC2)c2c1cc1n2CC2=C(C(=O)NS(=O)(=O)CC(C)C)C2=C2C=CC[C@@H](C(=O)N3C4CN(C)CC3CN(C(C)=O)C4)C21. The van der Waals surface area contributed by atoms with Crippen molar-refractivity contribution in [1.29, 1.82) is 0 Å². The fourth-order valence-electron chi connectivity index (χ4n) is 10.1. The maximum atomic E-state index is 15.1. The zero-order valence-electron chi connectivity index (χ0n) is 31.0. The first-order chi connectivity index (χ1) is 24.9. The number of sulfonamides is 1. The molecule has 52 heavy (non-hydrogen) atoms. The Morgan fingerprint density at radius 3 is 2.38 bits per heavy atom. The Bertz CT molecular complexity index is 2040. The van der Waals surface area contributed by atoms with Crippen molar-refractivity contribution >= 4 is 38.6 Å². The van der Waals surface area contributed by atoms with Crippen molar-refractivity contribution in [3.8, 4) is 5.75 Å². The predicted octanol–water partition coefficient (Wildman–Crippen LogP) is 4.45. The number of carbonyl (C=O) groups is 3. The van der Waals surface area contributed by atoms with E-state index in [4.69, 9.17) is 4.74 Å². The van der Waals surface area contributed by atoms with Gasteiger partial charge in [-0.15, -0.1) is 0 Å². The van der Waals surface area contributed by atoms with E-state index in [-0.39, 0.29) is 41.5 Å². The van der Waals surface area contributed by atoms with Gasteiger partial charge in [0.05, 0.1) is 42.0 Å². The summed E-state index contributed by atoms with van der Waals surface area (Å²) in [5.74, 6) is -0.394. The van der Waals surface area contributed by atoms with Gasteiger partial charge in [0.25, 0.3) is 5.91 Å². The third-order valence-electron chi connectivity index (χ3n) is 12.2. The van der Waals surface area contributed by atoms with E-state index in [1.165, 1.54) is 24.8 Å². The highest BCUT2D eigenvalue weighted by molar-refractivity contribution is 7.90. The van der Waals surface area contributed by atoms with Crippen LogP contribution in [-0.2, 0) is 31.0 Å². The number of nitrogens with one attached hydrogen (secondary N) is 1. The Morgan fingerprint density at radius 2 is 1.73 bits per heavy atom. The number of methoxy groups -OCH3 is 1. The molecule has 12 heteroatoms. The van der Waals surface area contributed by atoms with Crippen LogP contribution in [0.2, 0.25) is 0 Å². The summed E-state index contributed by atoms with van der Waals surface area (Å²) in [6, 6.07) is 6.25. The molecule has 3 unspecified atom stereocenters. The topological polar surface area (TPSA) is 121 Å². The van der Waals surface area contributed by atoms with Gasteiger partial charge in [-0.05, 0) is 72.6 Å². The second-order valence-electron chi connectivity index (χ2n) is 16.3. The molecule has 2 aromatic rings. The van der Waals surface area contributed by atoms with Crippen molar-refractivity contribution in [2.24, 2.45) is 11.8 Å². The molecule has 8 rings (SSSR count). The summed E-state index contributed by atoms with van der Waals surface area (Å²) in [6.07, 6.45) is 10.5. The monoisotopic (exact) mass is 729 g/mol. The molecule has 4 atom stereocenters. The molecular weight excluding hydrogens is 679 g/mol. The summed E-state index contributed by atoms with van der Waals surface area (Å²) < 4.78 is 36.6. The molecule has 3 aliphatic carbocycles. The van der Waals surface area contributed by atoms with E-state index in [9.17, 15) is 18.0 Å². The maximum absolute atomic E-state index is 15.1. The minimum atomic E-state index is -3.83. The van der Waals surface area contributed by atoms with Crippen LogP contribution >= 0.6 is 0 Å². The number of amides is 3. The Balaban J connectivity index is 1.27. The van der Waals surface area contributed by atoms with E-state index < -0.39 is 21.8 Å². The predicted molar refractivity (Wildman–Crippen MR) is 199 cm³/mol. The highest BCUT2D eigenvalue weighted by atomic mass is 32.2. The molecule has 1 N–H and O–H groups in total. The number of likely N-dealkylation sites (N-methyl/N-ethyl adjacent to an activating group) is 1. The number of allylic oxidation sites excluding steroid dienone is 4. The minimum Gasteiger partial charge on any atom is -0.496 e. The largest absolute Gasteiger partial charge is 0.496 e. The molecular formula is C40H51N5O6S. The molecule has 3 amide bonds. The maximum Gasteiger partial charge on any atom is 0.265 e. The second kappa shape index (κ2) is 13.2. The molecule has 3 fully saturated rings. The van der Waals surface area contributed by atoms with Crippen molar-refractivity contribution in [3.63, 3.8) is 0 Å². The molecule has 1 aromatic heterocycles. The summed E-state index contributed by atoms with van der Waals surface area (Å²) in [5, 5.41) is 1.00. The fraction of sp³-hybridized carbons (Fsp3) is 0.575. The van der Waals surface area contributed by atoms with Crippen molar-refractivity contribution in [3.05, 3.63) is 63.9 Å². The smallest absolute Gasteiger partial charge is 0.265 e. The Morgan fingerprint density at radius 1 is 1.02 bits per heavy atom. The molecule has 11 nitrogen and oxygen atoms in total. The molecule has 2 saturated heterocycles. The van der Waals surface area contributed by atoms with E-state index in [1.807, 2.05) is 24.8 Å². The Kier molecular flexibility index (Phi) is 8.92. The van der Waals surface area contributed by atoms with Crippen LogP contribution in [0.15, 0.2) is 52.6 Å². The molecule has 278 valence electrons. The number of carbonyl (C=O) groups excluding carboxylic acids is 3. The lowest BCUT2D eigenvalue weighted by atomic mass is 9.75. The van der Waals surface area contributed by atoms with Gasteiger partial charge in [-0.3, -0.25) is 14.4 Å². The number of benzene rings is 1. The standard InChI is InChI=1S/C40H51N5O6S/c1-23(2)22-52(49,50)41-39(47)37-32-21-44-33(16-31-34(51-5)15-14-28(38(31)44)25-10-7-6-8-11-25)35-29(36(32)37)12-9-13-30(35)40(48)45-26-17-42(4)18-27(45)20-43(19-26)24(3)46/h9,12,14-16,23,25-27,30,35H,6-8,10-11,13,17-22H2,1-5H3,(H,41,47)/t26?,27?,30-,35?/m1/s1. The van der Waals surface area contributed by atoms with E-state index in [2.05, 4.69) is 50.4 Å². The number of rotatable bonds is 7. The molecule has 3 aliphatic heterocycles. The molecule has 0 spiro atoms. The number of hydrogen-bond donors (Lipinski definition) is 1. The average molecular weight is 730 g/mol. The van der Waals surface area contributed by atoms with E-state index in [0.717, 1.165) is 51.9 Å². The van der Waals surface area contributed by atoms with Crippen molar-refractivity contribution in [2.75, 3.05) is 46.1 Å². The zero-order valence-corrected chi connectivity index (χ0v) is 31.8. The summed E-state index contributed by atoms with van der Waals surface area (Å²) in [6.45, 7) is 8.04. The molecule has 1 aromatic carbocycles. The number of fused-ring (bicyclic) bond motifs is 8. The van der Waals surface area contributed by atoms with Gasteiger partial charge in [0.2, 0.25) is 21.8 Å². The van der Waals surface area contributed by atoms with Gasteiger partial charge < -0.3 is 24.0 Å². The highest BCUT2D eigenvalue weighted by Crippen LogP contribution is 2.55. The third kappa shape index (κ3) is 5.99. The van der Waals surface area contributed by atoms with Crippen molar-refractivity contribution < 1.29 is 27.5 Å². The van der Waals surface area contributed by atoms with Crippen LogP contribution in [0.4, 0.5) is 0 Å². The average Bonchev–Trinajstić information content (AvgIpc) is 3.72. The van der Waals surface area contributed by atoms with Crippen molar-refractivity contribution in [2.45, 2.75) is 89.8 Å². The van der Waals surface area contributed by atoms with Crippen molar-refractivity contribution in [1.82, 2.24) is 24.0 Å². The zero-order chi connectivity index (χ0) is 36.6. The number of piperazine rings is 2. The first kappa shape index (κ1) is 35.1. The van der Waals surface area contributed by atoms with Gasteiger partial charge in [0.15, 0.2) is 0 Å². The summed E-state index contributed by atoms with van der Waals surface area (Å²) in [4.78, 5) is 47.7. The minimum absolute atomic E-state index is 0.0313. The summed E-state index contributed by atoms with van der Waals surface area (Å²) >= 11 is 0. The Hall–Kier alpha value is -3.90. The van der Waals surface area contributed by atoms with Gasteiger partial charge in [-0.2, -0.15) is 0 Å². The van der Waals surface area contributed by atoms with Crippen LogP contribution < -0.4 is 9.46 Å². The van der Waals surface area contributed by atoms with Crippen LogP contribution in [0.1, 0.15) is 82.4 Å². The fourth-order valence-corrected chi connectivity index (χ4v) is 11.5. The molecule has 2 bridgehead atoms. The Labute approximate surface area is 306 Å². The van der Waals surface area contributed by atoms with E-state index in [1.54, 1.807) is 14.0 Å². The number of hydrogen-bond acceptors (Lipinski definition) is 7. The molecule has 4 heterocycles. The lowest BCUT2D eigenvalue weighted by molar-refractivity contribution is -0.155. The first-order valence-corrected chi connectivity index (χ1v) is 20.7. The quantitative estimate of drug-likeness (QED) is 0.447. The number of aromatic nitrogens is 1. The van der Waals surface area contributed by atoms with Crippen LogP contribution in [0.3, 0.4) is 0 Å². The normalized spacial score (nSPS) is 26.3. The highest BCUT2D eigenvalue weighted by Gasteiger charge is 2.51. The summed E-state index contributed by atoms with van der Waals surface area (Å²) in [5.41, 5.74) is 6.32. The van der Waals surface area contributed by atoms with Crippen LogP contribution in [-0.4, -0.2) is 104 Å². The van der Waals surface area contributed by atoms with Crippen LogP contribution in [0, 0.1) is 11.8 Å². The first-order valence-electron chi connectivity index (χ1n) is 19.0. The second-order valence-corrected chi connectivity index (χ2v) is 18.1. The lowest BCUT2D eigenvalue weighted by Crippen LogP contribution is -2.70. The third-order valence-corrected chi connectivity index (χ3v) is 13.8. The van der Waals surface area contributed by atoms with Gasteiger partial charge in [0, 0.05) is 56.6 Å². The molecule has 1 saturated carbocycles. The van der Waals surface area contributed by atoms with E-state index >= 15 is 4.79 Å². The molecule has 6 aliphatic rings. The van der Waals surface area contributed by atoms with Gasteiger partial charge in [0.1, 0.15) is 5.75 Å². The number of nitrogens with zero attached hydrogens (tertiary/aromatic N) is 4. The van der Waals surface area contributed by atoms with Gasteiger partial charge >= 0.3 is 0 Å².